The standard InChI is InChI=1S/C16H17BrN2O2/c1-11(2)16(12-6-4-3-5-7-12)18-15-10-13(19(20)21)8-9-14(15)17/h3-11,16,18H,1-2H3. The Bertz CT molecular complexity index is 629. The number of nitrogens with one attached hydrogen (secondary N) is 1. The van der Waals surface area contributed by atoms with Crippen LogP contribution in [0.25, 0.3) is 0 Å². The second-order valence-electron chi connectivity index (χ2n) is 5.20. The van der Waals surface area contributed by atoms with Gasteiger partial charge in [-0.05, 0) is 33.5 Å². The van der Waals surface area contributed by atoms with Gasteiger partial charge in [0.1, 0.15) is 0 Å². The average molecular weight is 349 g/mol. The zero-order valence-corrected chi connectivity index (χ0v) is 13.5. The highest BCUT2D eigenvalue weighted by Crippen LogP contribution is 2.32. The molecular weight excluding hydrogens is 332 g/mol. The van der Waals surface area contributed by atoms with Crippen LogP contribution in [0.15, 0.2) is 53.0 Å². The van der Waals surface area contributed by atoms with Crippen LogP contribution >= 0.6 is 15.9 Å². The second kappa shape index (κ2) is 6.72. The predicted molar refractivity (Wildman–Crippen MR) is 88.4 cm³/mol. The first-order valence-corrected chi connectivity index (χ1v) is 7.53. The highest BCUT2D eigenvalue weighted by atomic mass is 79.9. The van der Waals surface area contributed by atoms with Crippen LogP contribution in [0.3, 0.4) is 0 Å². The molecule has 2 rings (SSSR count). The molecule has 0 aliphatic heterocycles. The molecule has 4 nitrogen and oxygen atoms in total. The van der Waals surface area contributed by atoms with Gasteiger partial charge in [0.25, 0.3) is 5.69 Å². The molecule has 0 radical (unpaired) electrons. The Hall–Kier alpha value is -1.88. The molecule has 0 aliphatic rings. The number of nitro groups is 1. The molecule has 2 aromatic carbocycles. The first-order valence-electron chi connectivity index (χ1n) is 6.74. The van der Waals surface area contributed by atoms with Crippen molar-refractivity contribution in [3.05, 3.63) is 68.7 Å². The van der Waals surface area contributed by atoms with E-state index >= 15 is 0 Å². The summed E-state index contributed by atoms with van der Waals surface area (Å²) < 4.78 is 0.815. The van der Waals surface area contributed by atoms with E-state index in [0.717, 1.165) is 15.7 Å². The highest BCUT2D eigenvalue weighted by Gasteiger charge is 2.18. The van der Waals surface area contributed by atoms with Crippen LogP contribution in [0, 0.1) is 16.0 Å². The van der Waals surface area contributed by atoms with Gasteiger partial charge in [-0.3, -0.25) is 10.1 Å². The molecule has 110 valence electrons. The molecule has 0 bridgehead atoms. The van der Waals surface area contributed by atoms with Gasteiger partial charge in [0.2, 0.25) is 0 Å². The number of nitrogens with zero attached hydrogens (tertiary/aromatic N) is 1. The highest BCUT2D eigenvalue weighted by molar-refractivity contribution is 9.10. The smallest absolute Gasteiger partial charge is 0.271 e. The zero-order chi connectivity index (χ0) is 15.4. The fraction of sp³-hybridized carbons (Fsp3) is 0.250. The van der Waals surface area contributed by atoms with Crippen LogP contribution in [-0.4, -0.2) is 4.92 Å². The number of nitro benzene ring substituents is 1. The van der Waals surface area contributed by atoms with Crippen molar-refractivity contribution in [1.82, 2.24) is 0 Å². The minimum atomic E-state index is -0.384. The summed E-state index contributed by atoms with van der Waals surface area (Å²) in [5, 5.41) is 14.3. The first kappa shape index (κ1) is 15.5. The maximum Gasteiger partial charge on any atom is 0.271 e. The van der Waals surface area contributed by atoms with E-state index in [1.165, 1.54) is 6.07 Å². The van der Waals surface area contributed by atoms with Crippen molar-refractivity contribution >= 4 is 27.3 Å². The van der Waals surface area contributed by atoms with E-state index in [1.807, 2.05) is 18.2 Å². The third kappa shape index (κ3) is 3.82. The topological polar surface area (TPSA) is 55.2 Å². The molecule has 0 saturated carbocycles. The van der Waals surface area contributed by atoms with E-state index in [9.17, 15) is 10.1 Å². The Kier molecular flexibility index (Phi) is 4.96. The molecule has 1 atom stereocenters. The van der Waals surface area contributed by atoms with Crippen LogP contribution in [0.4, 0.5) is 11.4 Å². The van der Waals surface area contributed by atoms with Crippen molar-refractivity contribution in [1.29, 1.82) is 0 Å². The summed E-state index contributed by atoms with van der Waals surface area (Å²) in [6.45, 7) is 4.24. The van der Waals surface area contributed by atoms with Crippen LogP contribution in [0.2, 0.25) is 0 Å². The van der Waals surface area contributed by atoms with Gasteiger partial charge in [0.05, 0.1) is 16.7 Å². The van der Waals surface area contributed by atoms with Crippen LogP contribution < -0.4 is 5.32 Å². The van der Waals surface area contributed by atoms with E-state index in [2.05, 4.69) is 47.2 Å². The molecule has 0 aromatic heterocycles. The van der Waals surface area contributed by atoms with Gasteiger partial charge >= 0.3 is 0 Å². The van der Waals surface area contributed by atoms with Gasteiger partial charge < -0.3 is 5.32 Å². The van der Waals surface area contributed by atoms with E-state index in [4.69, 9.17) is 0 Å². The van der Waals surface area contributed by atoms with Gasteiger partial charge in [0.15, 0.2) is 0 Å². The van der Waals surface area contributed by atoms with Crippen LogP contribution in [0.5, 0.6) is 0 Å². The summed E-state index contributed by atoms with van der Waals surface area (Å²) in [5.74, 6) is 0.346. The molecule has 1 N–H and O–H groups in total. The fourth-order valence-electron chi connectivity index (χ4n) is 2.20. The summed E-state index contributed by atoms with van der Waals surface area (Å²) >= 11 is 3.44. The summed E-state index contributed by atoms with van der Waals surface area (Å²) in [6.07, 6.45) is 0. The molecule has 1 unspecified atom stereocenters. The lowest BCUT2D eigenvalue weighted by Crippen LogP contribution is -2.17. The molecule has 0 fully saturated rings. The molecule has 0 saturated heterocycles. The summed E-state index contributed by atoms with van der Waals surface area (Å²) in [7, 11) is 0. The van der Waals surface area contributed by atoms with Gasteiger partial charge in [-0.1, -0.05) is 44.2 Å². The number of non-ortho nitro benzene ring substituents is 1. The lowest BCUT2D eigenvalue weighted by atomic mass is 9.96. The summed E-state index contributed by atoms with van der Waals surface area (Å²) in [6, 6.07) is 14.9. The molecule has 5 heteroatoms. The molecule has 0 amide bonds. The molecule has 2 aromatic rings. The largest absolute Gasteiger partial charge is 0.377 e. The quantitative estimate of drug-likeness (QED) is 0.599. The zero-order valence-electron chi connectivity index (χ0n) is 11.9. The lowest BCUT2D eigenvalue weighted by Gasteiger charge is -2.24. The van der Waals surface area contributed by atoms with Crippen molar-refractivity contribution < 1.29 is 4.92 Å². The van der Waals surface area contributed by atoms with Crippen molar-refractivity contribution in [2.75, 3.05) is 5.32 Å². The van der Waals surface area contributed by atoms with Crippen molar-refractivity contribution in [3.8, 4) is 0 Å². The molecule has 0 heterocycles. The van der Waals surface area contributed by atoms with Crippen LogP contribution in [0.1, 0.15) is 25.5 Å². The van der Waals surface area contributed by atoms with Gasteiger partial charge in [-0.15, -0.1) is 0 Å². The number of benzene rings is 2. The maximum atomic E-state index is 10.9. The van der Waals surface area contributed by atoms with E-state index in [1.54, 1.807) is 12.1 Å². The number of hydrogen-bond donors (Lipinski definition) is 1. The summed E-state index contributed by atoms with van der Waals surface area (Å²) in [4.78, 5) is 10.5. The Morgan fingerprint density at radius 2 is 1.81 bits per heavy atom. The van der Waals surface area contributed by atoms with E-state index in [0.29, 0.717) is 5.92 Å². The fourth-order valence-corrected chi connectivity index (χ4v) is 2.56. The minimum absolute atomic E-state index is 0.0799. The lowest BCUT2D eigenvalue weighted by molar-refractivity contribution is -0.384. The monoisotopic (exact) mass is 348 g/mol. The number of hydrogen-bond acceptors (Lipinski definition) is 3. The minimum Gasteiger partial charge on any atom is -0.377 e. The molecular formula is C16H17BrN2O2. The van der Waals surface area contributed by atoms with Gasteiger partial charge in [0, 0.05) is 16.6 Å². The predicted octanol–water partition coefficient (Wildman–Crippen LogP) is 5.17. The van der Waals surface area contributed by atoms with E-state index < -0.39 is 0 Å². The number of anilines is 1. The van der Waals surface area contributed by atoms with Gasteiger partial charge in [-0.2, -0.15) is 0 Å². The van der Waals surface area contributed by atoms with Crippen molar-refractivity contribution in [2.45, 2.75) is 19.9 Å². The van der Waals surface area contributed by atoms with E-state index in [-0.39, 0.29) is 16.7 Å². The Balaban J connectivity index is 2.33. The number of halogens is 1. The average Bonchev–Trinajstić information content (AvgIpc) is 2.46. The Morgan fingerprint density at radius 1 is 1.14 bits per heavy atom. The van der Waals surface area contributed by atoms with Crippen molar-refractivity contribution in [3.63, 3.8) is 0 Å². The van der Waals surface area contributed by atoms with Gasteiger partial charge in [-0.25, -0.2) is 0 Å². The molecule has 0 spiro atoms. The third-order valence-electron chi connectivity index (χ3n) is 3.30. The SMILES string of the molecule is CC(C)C(Nc1cc([N+](=O)[O-])ccc1Br)c1ccccc1. The Labute approximate surface area is 132 Å². The number of rotatable bonds is 5. The first-order chi connectivity index (χ1) is 9.99. The normalized spacial score (nSPS) is 12.2. The third-order valence-corrected chi connectivity index (χ3v) is 3.99. The summed E-state index contributed by atoms with van der Waals surface area (Å²) in [5.41, 5.74) is 1.97. The molecule has 0 aliphatic carbocycles. The van der Waals surface area contributed by atoms with Crippen molar-refractivity contribution in [2.24, 2.45) is 5.92 Å². The Morgan fingerprint density at radius 3 is 2.38 bits per heavy atom. The maximum absolute atomic E-state index is 10.9. The molecule has 21 heavy (non-hydrogen) atoms. The second-order valence-corrected chi connectivity index (χ2v) is 6.05. The van der Waals surface area contributed by atoms with Crippen LogP contribution in [-0.2, 0) is 0 Å².